The lowest BCUT2D eigenvalue weighted by atomic mass is 10.0. The summed E-state index contributed by atoms with van der Waals surface area (Å²) in [6.07, 6.45) is 0. The second kappa shape index (κ2) is 6.56. The van der Waals surface area contributed by atoms with Gasteiger partial charge in [0.05, 0.1) is 11.6 Å². The Morgan fingerprint density at radius 1 is 1.20 bits per heavy atom. The minimum absolute atomic E-state index is 0.237. The maximum atomic E-state index is 9.14. The first-order valence-corrected chi connectivity index (χ1v) is 6.93. The lowest BCUT2D eigenvalue weighted by molar-refractivity contribution is 0.253. The van der Waals surface area contributed by atoms with Crippen LogP contribution >= 0.6 is 11.6 Å². The Morgan fingerprint density at radius 2 is 1.95 bits per heavy atom. The van der Waals surface area contributed by atoms with Crippen molar-refractivity contribution in [2.75, 3.05) is 7.05 Å². The van der Waals surface area contributed by atoms with E-state index in [1.54, 1.807) is 0 Å². The molecule has 0 heterocycles. The van der Waals surface area contributed by atoms with Crippen LogP contribution in [-0.4, -0.2) is 11.9 Å². The molecule has 0 radical (unpaired) electrons. The van der Waals surface area contributed by atoms with Gasteiger partial charge < -0.3 is 0 Å². The number of benzene rings is 2. The molecular weight excluding hydrogens is 268 g/mol. The van der Waals surface area contributed by atoms with Crippen LogP contribution in [0, 0.1) is 11.3 Å². The minimum atomic E-state index is 0.237. The molecule has 0 N–H and O–H groups in total. The molecule has 102 valence electrons. The highest BCUT2D eigenvalue weighted by Gasteiger charge is 2.13. The van der Waals surface area contributed by atoms with E-state index in [0.717, 1.165) is 22.7 Å². The third kappa shape index (κ3) is 3.39. The Labute approximate surface area is 125 Å². The molecule has 0 amide bonds. The molecular formula is C17H17ClN2. The van der Waals surface area contributed by atoms with Crippen molar-refractivity contribution in [3.63, 3.8) is 0 Å². The molecule has 2 rings (SSSR count). The standard InChI is InChI=1S/C17H17ClN2/c1-13(14-8-5-9-17(18)10-14)20(2)12-16-7-4-3-6-15(16)11-19/h3-10,13H,12H2,1-2H3. The first kappa shape index (κ1) is 14.6. The average molecular weight is 285 g/mol. The van der Waals surface area contributed by atoms with Crippen LogP contribution in [0.5, 0.6) is 0 Å². The summed E-state index contributed by atoms with van der Waals surface area (Å²) in [4.78, 5) is 2.21. The van der Waals surface area contributed by atoms with Crippen molar-refractivity contribution in [3.05, 3.63) is 70.2 Å². The van der Waals surface area contributed by atoms with Crippen LogP contribution < -0.4 is 0 Å². The van der Waals surface area contributed by atoms with E-state index in [2.05, 4.69) is 31.0 Å². The van der Waals surface area contributed by atoms with E-state index in [9.17, 15) is 0 Å². The predicted octanol–water partition coefficient (Wildman–Crippen LogP) is 4.40. The number of nitrogens with zero attached hydrogens (tertiary/aromatic N) is 2. The zero-order chi connectivity index (χ0) is 14.5. The second-order valence-electron chi connectivity index (χ2n) is 4.92. The first-order chi connectivity index (χ1) is 9.61. The van der Waals surface area contributed by atoms with Gasteiger partial charge in [-0.15, -0.1) is 0 Å². The highest BCUT2D eigenvalue weighted by Crippen LogP contribution is 2.23. The Hall–Kier alpha value is -1.82. The summed E-state index contributed by atoms with van der Waals surface area (Å²) in [6, 6.07) is 18.1. The number of nitriles is 1. The SMILES string of the molecule is CC(c1cccc(Cl)c1)N(C)Cc1ccccc1C#N. The molecule has 20 heavy (non-hydrogen) atoms. The van der Waals surface area contributed by atoms with Gasteiger partial charge in [0.15, 0.2) is 0 Å². The van der Waals surface area contributed by atoms with E-state index < -0.39 is 0 Å². The van der Waals surface area contributed by atoms with Gasteiger partial charge in [0.25, 0.3) is 0 Å². The zero-order valence-electron chi connectivity index (χ0n) is 11.7. The van der Waals surface area contributed by atoms with E-state index in [1.165, 1.54) is 5.56 Å². The van der Waals surface area contributed by atoms with Crippen LogP contribution in [0.2, 0.25) is 5.02 Å². The topological polar surface area (TPSA) is 27.0 Å². The summed E-state index contributed by atoms with van der Waals surface area (Å²) in [5.41, 5.74) is 2.96. The zero-order valence-corrected chi connectivity index (χ0v) is 12.4. The van der Waals surface area contributed by atoms with Crippen molar-refractivity contribution in [3.8, 4) is 6.07 Å². The van der Waals surface area contributed by atoms with Crippen LogP contribution in [0.4, 0.5) is 0 Å². The number of rotatable bonds is 4. The van der Waals surface area contributed by atoms with Crippen molar-refractivity contribution >= 4 is 11.6 Å². The molecule has 0 saturated heterocycles. The Balaban J connectivity index is 2.16. The minimum Gasteiger partial charge on any atom is -0.295 e. The Kier molecular flexibility index (Phi) is 4.79. The van der Waals surface area contributed by atoms with Gasteiger partial charge >= 0.3 is 0 Å². The van der Waals surface area contributed by atoms with Crippen molar-refractivity contribution in [2.24, 2.45) is 0 Å². The monoisotopic (exact) mass is 284 g/mol. The van der Waals surface area contributed by atoms with Crippen LogP contribution in [0.3, 0.4) is 0 Å². The largest absolute Gasteiger partial charge is 0.295 e. The molecule has 0 aliphatic heterocycles. The molecule has 0 bridgehead atoms. The summed E-state index contributed by atoms with van der Waals surface area (Å²) >= 11 is 6.04. The third-order valence-corrected chi connectivity index (χ3v) is 3.78. The molecule has 1 unspecified atom stereocenters. The van der Waals surface area contributed by atoms with E-state index in [1.807, 2.05) is 42.5 Å². The third-order valence-electron chi connectivity index (χ3n) is 3.55. The molecule has 0 spiro atoms. The Bertz CT molecular complexity index is 631. The molecule has 0 aliphatic carbocycles. The van der Waals surface area contributed by atoms with Gasteiger partial charge in [-0.05, 0) is 43.3 Å². The smallest absolute Gasteiger partial charge is 0.0995 e. The average Bonchev–Trinajstić information content (AvgIpc) is 2.47. The highest BCUT2D eigenvalue weighted by molar-refractivity contribution is 6.30. The fraction of sp³-hybridized carbons (Fsp3) is 0.235. The van der Waals surface area contributed by atoms with Crippen LogP contribution in [0.15, 0.2) is 48.5 Å². The fourth-order valence-electron chi connectivity index (χ4n) is 2.19. The maximum absolute atomic E-state index is 9.14. The molecule has 0 fully saturated rings. The van der Waals surface area contributed by atoms with E-state index in [-0.39, 0.29) is 6.04 Å². The molecule has 0 saturated carbocycles. The number of hydrogen-bond donors (Lipinski definition) is 0. The van der Waals surface area contributed by atoms with Gasteiger partial charge in [-0.2, -0.15) is 5.26 Å². The fourth-order valence-corrected chi connectivity index (χ4v) is 2.39. The van der Waals surface area contributed by atoms with E-state index in [4.69, 9.17) is 16.9 Å². The molecule has 3 heteroatoms. The van der Waals surface area contributed by atoms with Crippen LogP contribution in [0.1, 0.15) is 29.7 Å². The molecule has 0 aliphatic rings. The van der Waals surface area contributed by atoms with Crippen molar-refractivity contribution in [1.29, 1.82) is 5.26 Å². The molecule has 1 atom stereocenters. The van der Waals surface area contributed by atoms with Gasteiger partial charge in [-0.25, -0.2) is 0 Å². The van der Waals surface area contributed by atoms with Crippen LogP contribution in [-0.2, 0) is 6.54 Å². The molecule has 2 aromatic carbocycles. The normalized spacial score (nSPS) is 12.2. The first-order valence-electron chi connectivity index (χ1n) is 6.55. The summed E-state index contributed by atoms with van der Waals surface area (Å²) in [5.74, 6) is 0. The maximum Gasteiger partial charge on any atom is 0.0995 e. The Morgan fingerprint density at radius 3 is 2.65 bits per heavy atom. The second-order valence-corrected chi connectivity index (χ2v) is 5.35. The van der Waals surface area contributed by atoms with Crippen LogP contribution in [0.25, 0.3) is 0 Å². The lowest BCUT2D eigenvalue weighted by Gasteiger charge is -2.25. The van der Waals surface area contributed by atoms with Gasteiger partial charge in [0.2, 0.25) is 0 Å². The lowest BCUT2D eigenvalue weighted by Crippen LogP contribution is -2.22. The van der Waals surface area contributed by atoms with Gasteiger partial charge in [-0.3, -0.25) is 4.90 Å². The summed E-state index contributed by atoms with van der Waals surface area (Å²) in [5, 5.41) is 9.89. The highest BCUT2D eigenvalue weighted by atomic mass is 35.5. The van der Waals surface area contributed by atoms with Gasteiger partial charge in [0.1, 0.15) is 0 Å². The van der Waals surface area contributed by atoms with Crippen molar-refractivity contribution in [1.82, 2.24) is 4.90 Å². The number of halogens is 1. The quantitative estimate of drug-likeness (QED) is 0.832. The summed E-state index contributed by atoms with van der Waals surface area (Å²) < 4.78 is 0. The van der Waals surface area contributed by atoms with E-state index >= 15 is 0 Å². The number of hydrogen-bond acceptors (Lipinski definition) is 2. The van der Waals surface area contributed by atoms with Gasteiger partial charge in [0, 0.05) is 17.6 Å². The molecule has 0 aromatic heterocycles. The van der Waals surface area contributed by atoms with Crippen molar-refractivity contribution in [2.45, 2.75) is 19.5 Å². The van der Waals surface area contributed by atoms with Crippen molar-refractivity contribution < 1.29 is 0 Å². The summed E-state index contributed by atoms with van der Waals surface area (Å²) in [7, 11) is 2.06. The molecule has 2 aromatic rings. The van der Waals surface area contributed by atoms with Gasteiger partial charge in [-0.1, -0.05) is 41.9 Å². The van der Waals surface area contributed by atoms with E-state index in [0.29, 0.717) is 0 Å². The predicted molar refractivity (Wildman–Crippen MR) is 82.5 cm³/mol. The molecule has 2 nitrogen and oxygen atoms in total. The summed E-state index contributed by atoms with van der Waals surface area (Å²) in [6.45, 7) is 2.87.